The molecule has 0 unspecified atom stereocenters. The molecule has 0 aromatic carbocycles. The largest absolute Gasteiger partial charge is 0.479 e. The Morgan fingerprint density at radius 1 is 1.36 bits per heavy atom. The van der Waals surface area contributed by atoms with Crippen molar-refractivity contribution in [3.05, 3.63) is 29.3 Å². The Morgan fingerprint density at radius 2 is 2.09 bits per heavy atom. The van der Waals surface area contributed by atoms with E-state index in [0.717, 1.165) is 10.6 Å². The van der Waals surface area contributed by atoms with Crippen LogP contribution in [0.5, 0.6) is 0 Å². The number of nitrogens with one attached hydrogen (secondary N) is 1. The number of likely N-dealkylation sites (tertiary alicyclic amines) is 1. The van der Waals surface area contributed by atoms with Gasteiger partial charge >= 0.3 is 5.97 Å². The smallest absolute Gasteiger partial charge is 0.335 e. The molecule has 22 heavy (non-hydrogen) atoms. The predicted molar refractivity (Wildman–Crippen MR) is 79.6 cm³/mol. The molecule has 0 atom stereocenters. The van der Waals surface area contributed by atoms with E-state index in [9.17, 15) is 14.7 Å². The Balaban J connectivity index is 1.69. The average molecular weight is 321 g/mol. The highest BCUT2D eigenvalue weighted by Gasteiger charge is 2.40. The number of hydrogen-bond donors (Lipinski definition) is 3. The number of carbonyl (C=O) groups is 2. The molecule has 1 aliphatic rings. The van der Waals surface area contributed by atoms with E-state index in [1.165, 1.54) is 4.90 Å². The fourth-order valence-corrected chi connectivity index (χ4v) is 3.14. The standard InChI is InChI=1S/C14H15N3O4S/c18-12(17-5-3-14(21,4-6-17)13(19)20)10-8-9(15-16-10)11-2-1-7-22-11/h1-2,7-8,21H,3-6H2,(H,15,16)(H,19,20). The van der Waals surface area contributed by atoms with Gasteiger partial charge in [-0.25, -0.2) is 4.79 Å². The maximum atomic E-state index is 12.4. The highest BCUT2D eigenvalue weighted by atomic mass is 32.1. The van der Waals surface area contributed by atoms with Crippen LogP contribution >= 0.6 is 11.3 Å². The van der Waals surface area contributed by atoms with Gasteiger partial charge < -0.3 is 15.1 Å². The molecule has 3 N–H and O–H groups in total. The van der Waals surface area contributed by atoms with Gasteiger partial charge in [0.25, 0.3) is 5.91 Å². The lowest BCUT2D eigenvalue weighted by atomic mass is 9.91. The van der Waals surface area contributed by atoms with Crippen molar-refractivity contribution in [1.29, 1.82) is 0 Å². The normalized spacial score (nSPS) is 17.4. The average Bonchev–Trinajstić information content (AvgIpc) is 3.18. The fourth-order valence-electron chi connectivity index (χ4n) is 2.44. The minimum Gasteiger partial charge on any atom is -0.479 e. The van der Waals surface area contributed by atoms with E-state index in [1.807, 2.05) is 17.5 Å². The van der Waals surface area contributed by atoms with Crippen molar-refractivity contribution in [3.8, 4) is 10.6 Å². The zero-order valence-corrected chi connectivity index (χ0v) is 12.5. The van der Waals surface area contributed by atoms with E-state index in [-0.39, 0.29) is 31.8 Å². The number of carboxylic acid groups (broad SMARTS) is 1. The summed E-state index contributed by atoms with van der Waals surface area (Å²) in [6.45, 7) is 0.395. The second kappa shape index (κ2) is 5.54. The zero-order chi connectivity index (χ0) is 15.7. The maximum Gasteiger partial charge on any atom is 0.335 e. The van der Waals surface area contributed by atoms with Crippen LogP contribution in [-0.2, 0) is 4.79 Å². The van der Waals surface area contributed by atoms with Crippen molar-refractivity contribution < 1.29 is 19.8 Å². The van der Waals surface area contributed by atoms with Crippen LogP contribution in [0.1, 0.15) is 23.3 Å². The molecule has 0 radical (unpaired) electrons. The predicted octanol–water partition coefficient (Wildman–Crippen LogP) is 1.19. The van der Waals surface area contributed by atoms with Crippen LogP contribution in [-0.4, -0.2) is 55.9 Å². The number of rotatable bonds is 3. The van der Waals surface area contributed by atoms with E-state index in [0.29, 0.717) is 5.69 Å². The van der Waals surface area contributed by atoms with Gasteiger partial charge in [-0.1, -0.05) is 6.07 Å². The van der Waals surface area contributed by atoms with Crippen molar-refractivity contribution >= 4 is 23.2 Å². The molecule has 3 rings (SSSR count). The molecule has 0 spiro atoms. The van der Waals surface area contributed by atoms with Gasteiger partial charge in [-0.15, -0.1) is 11.3 Å². The molecule has 1 fully saturated rings. The first kappa shape index (κ1) is 14.7. The van der Waals surface area contributed by atoms with E-state index in [4.69, 9.17) is 5.11 Å². The van der Waals surface area contributed by atoms with Crippen LogP contribution in [0.4, 0.5) is 0 Å². The van der Waals surface area contributed by atoms with Crippen LogP contribution in [0, 0.1) is 0 Å². The second-order valence-corrected chi connectivity index (χ2v) is 6.22. The van der Waals surface area contributed by atoms with Crippen LogP contribution in [0.2, 0.25) is 0 Å². The number of aromatic amines is 1. The Morgan fingerprint density at radius 3 is 2.68 bits per heavy atom. The van der Waals surface area contributed by atoms with E-state index < -0.39 is 11.6 Å². The topological polar surface area (TPSA) is 107 Å². The van der Waals surface area contributed by atoms with Crippen LogP contribution in [0.3, 0.4) is 0 Å². The molecule has 7 nitrogen and oxygen atoms in total. The van der Waals surface area contributed by atoms with Gasteiger partial charge in [-0.2, -0.15) is 5.10 Å². The SMILES string of the molecule is O=C(c1cc(-c2cccs2)[nH]n1)N1CCC(O)(C(=O)O)CC1. The molecule has 2 aromatic heterocycles. The first-order valence-corrected chi connectivity index (χ1v) is 7.72. The number of aliphatic carboxylic acids is 1. The molecule has 0 saturated carbocycles. The molecular weight excluding hydrogens is 306 g/mol. The Bertz CT molecular complexity index is 687. The van der Waals surface area contributed by atoms with Crippen LogP contribution < -0.4 is 0 Å². The van der Waals surface area contributed by atoms with Crippen molar-refractivity contribution in [2.24, 2.45) is 0 Å². The summed E-state index contributed by atoms with van der Waals surface area (Å²) in [4.78, 5) is 25.9. The summed E-state index contributed by atoms with van der Waals surface area (Å²) in [5.41, 5.74) is -0.661. The van der Waals surface area contributed by atoms with Gasteiger partial charge in [0.2, 0.25) is 0 Å². The summed E-state index contributed by atoms with van der Waals surface area (Å²) in [6, 6.07) is 5.53. The number of carboxylic acids is 1. The third-order valence-corrected chi connectivity index (χ3v) is 4.76. The molecule has 1 saturated heterocycles. The fraction of sp³-hybridized carbons (Fsp3) is 0.357. The second-order valence-electron chi connectivity index (χ2n) is 5.27. The van der Waals surface area contributed by atoms with E-state index >= 15 is 0 Å². The number of carbonyl (C=O) groups excluding carboxylic acids is 1. The minimum absolute atomic E-state index is 0.0241. The molecule has 1 amide bonds. The minimum atomic E-state index is -1.73. The number of aliphatic hydroxyl groups is 1. The van der Waals surface area contributed by atoms with E-state index in [1.54, 1.807) is 17.4 Å². The zero-order valence-electron chi connectivity index (χ0n) is 11.7. The quantitative estimate of drug-likeness (QED) is 0.787. The summed E-state index contributed by atoms with van der Waals surface area (Å²) in [7, 11) is 0. The van der Waals surface area contributed by atoms with Crippen LogP contribution in [0.25, 0.3) is 10.6 Å². The summed E-state index contributed by atoms with van der Waals surface area (Å²) >= 11 is 1.55. The van der Waals surface area contributed by atoms with Crippen molar-refractivity contribution in [3.63, 3.8) is 0 Å². The van der Waals surface area contributed by atoms with Gasteiger partial charge in [-0.05, 0) is 17.5 Å². The molecular formula is C14H15N3O4S. The van der Waals surface area contributed by atoms with Gasteiger partial charge in [0, 0.05) is 25.9 Å². The molecule has 8 heteroatoms. The number of piperidine rings is 1. The summed E-state index contributed by atoms with van der Waals surface area (Å²) in [5.74, 6) is -1.49. The highest BCUT2D eigenvalue weighted by molar-refractivity contribution is 7.13. The summed E-state index contributed by atoms with van der Waals surface area (Å²) in [5, 5.41) is 27.7. The third-order valence-electron chi connectivity index (χ3n) is 3.86. The summed E-state index contributed by atoms with van der Waals surface area (Å²) < 4.78 is 0. The van der Waals surface area contributed by atoms with Crippen molar-refractivity contribution in [2.75, 3.05) is 13.1 Å². The summed E-state index contributed by atoms with van der Waals surface area (Å²) in [6.07, 6.45) is 0.0482. The number of aromatic nitrogens is 2. The van der Waals surface area contributed by atoms with Gasteiger partial charge in [0.1, 0.15) is 0 Å². The van der Waals surface area contributed by atoms with Gasteiger partial charge in [0.15, 0.2) is 11.3 Å². The molecule has 3 heterocycles. The number of thiophene rings is 1. The molecule has 0 aliphatic carbocycles. The van der Waals surface area contributed by atoms with Gasteiger partial charge in [-0.3, -0.25) is 9.89 Å². The molecule has 1 aliphatic heterocycles. The molecule has 116 valence electrons. The molecule has 2 aromatic rings. The number of H-pyrrole nitrogens is 1. The first-order valence-electron chi connectivity index (χ1n) is 6.84. The third kappa shape index (κ3) is 2.62. The van der Waals surface area contributed by atoms with E-state index in [2.05, 4.69) is 10.2 Å². The number of amides is 1. The Hall–Kier alpha value is -2.19. The van der Waals surface area contributed by atoms with Gasteiger partial charge in [0.05, 0.1) is 10.6 Å². The number of hydrogen-bond acceptors (Lipinski definition) is 5. The molecule has 0 bridgehead atoms. The Labute approximate surface area is 130 Å². The lowest BCUT2D eigenvalue weighted by molar-refractivity contribution is -0.162. The van der Waals surface area contributed by atoms with Crippen molar-refractivity contribution in [1.82, 2.24) is 15.1 Å². The first-order chi connectivity index (χ1) is 10.5. The van der Waals surface area contributed by atoms with Crippen molar-refractivity contribution in [2.45, 2.75) is 18.4 Å². The maximum absolute atomic E-state index is 12.4. The number of nitrogens with zero attached hydrogens (tertiary/aromatic N) is 2. The lowest BCUT2D eigenvalue weighted by Crippen LogP contribution is -2.50. The Kier molecular flexibility index (Phi) is 3.71. The monoisotopic (exact) mass is 321 g/mol. The van der Waals surface area contributed by atoms with Crippen LogP contribution in [0.15, 0.2) is 23.6 Å². The highest BCUT2D eigenvalue weighted by Crippen LogP contribution is 2.26. The lowest BCUT2D eigenvalue weighted by Gasteiger charge is -2.34.